The van der Waals surface area contributed by atoms with Crippen LogP contribution in [0.25, 0.3) is 0 Å². The molecule has 0 saturated heterocycles. The first-order valence-corrected chi connectivity index (χ1v) is 7.24. The lowest BCUT2D eigenvalue weighted by atomic mass is 10.2. The van der Waals surface area contributed by atoms with Crippen LogP contribution in [0.15, 0.2) is 30.3 Å². The van der Waals surface area contributed by atoms with Crippen molar-refractivity contribution in [3.05, 3.63) is 35.9 Å². The Bertz CT molecular complexity index is 237. The van der Waals surface area contributed by atoms with Crippen LogP contribution < -0.4 is 0 Å². The molecule has 0 aliphatic heterocycles. The molecular formula is C16H30O3. The molecule has 0 unspecified atom stereocenters. The quantitative estimate of drug-likeness (QED) is 0.733. The van der Waals surface area contributed by atoms with E-state index in [9.17, 15) is 0 Å². The maximum atomic E-state index is 8.51. The number of hydrogen-bond donors (Lipinski definition) is 1. The van der Waals surface area contributed by atoms with E-state index in [4.69, 9.17) is 14.6 Å². The molecule has 1 aromatic rings. The molecule has 0 atom stereocenters. The van der Waals surface area contributed by atoms with Crippen LogP contribution in [-0.4, -0.2) is 31.5 Å². The Morgan fingerprint density at radius 1 is 0.842 bits per heavy atom. The lowest BCUT2D eigenvalue weighted by molar-refractivity contribution is 0.0360. The Morgan fingerprint density at radius 3 is 2.00 bits per heavy atom. The molecule has 19 heavy (non-hydrogen) atoms. The Labute approximate surface area is 118 Å². The van der Waals surface area contributed by atoms with Gasteiger partial charge in [-0.25, -0.2) is 0 Å². The predicted molar refractivity (Wildman–Crippen MR) is 81.3 cm³/mol. The molecule has 0 spiro atoms. The molecule has 1 rings (SSSR count). The average Bonchev–Trinajstić information content (AvgIpc) is 2.51. The molecule has 0 bridgehead atoms. The van der Waals surface area contributed by atoms with E-state index in [1.807, 2.05) is 58.0 Å². The molecule has 1 aromatic carbocycles. The lowest BCUT2D eigenvalue weighted by Gasteiger charge is -2.05. The Morgan fingerprint density at radius 2 is 1.42 bits per heavy atom. The van der Waals surface area contributed by atoms with Gasteiger partial charge in [-0.3, -0.25) is 0 Å². The maximum Gasteiger partial charge on any atom is 0.0718 e. The number of hydrogen-bond acceptors (Lipinski definition) is 3. The van der Waals surface area contributed by atoms with E-state index in [2.05, 4.69) is 0 Å². The minimum Gasteiger partial charge on any atom is -0.396 e. The van der Waals surface area contributed by atoms with E-state index in [1.165, 1.54) is 5.56 Å². The molecule has 0 aliphatic carbocycles. The monoisotopic (exact) mass is 270 g/mol. The summed E-state index contributed by atoms with van der Waals surface area (Å²) in [5, 5.41) is 8.51. The zero-order valence-electron chi connectivity index (χ0n) is 12.9. The molecule has 3 heteroatoms. The standard InChI is InChI=1S/C12H18O3.2C2H6/c13-7-4-8-14-9-10-15-11-12-5-2-1-3-6-12;2*1-2/h1-3,5-6,13H,4,7-11H2;2*1-2H3. The van der Waals surface area contributed by atoms with Crippen LogP contribution in [0.4, 0.5) is 0 Å². The highest BCUT2D eigenvalue weighted by atomic mass is 16.5. The summed E-state index contributed by atoms with van der Waals surface area (Å²) in [6.07, 6.45) is 0.693. The topological polar surface area (TPSA) is 38.7 Å². The van der Waals surface area contributed by atoms with E-state index in [0.29, 0.717) is 32.8 Å². The fourth-order valence-electron chi connectivity index (χ4n) is 1.15. The van der Waals surface area contributed by atoms with Crippen molar-refractivity contribution in [1.82, 2.24) is 0 Å². The van der Waals surface area contributed by atoms with Crippen LogP contribution >= 0.6 is 0 Å². The summed E-state index contributed by atoms with van der Waals surface area (Å²) in [6.45, 7) is 10.6. The average molecular weight is 270 g/mol. The van der Waals surface area contributed by atoms with Crippen molar-refractivity contribution in [3.63, 3.8) is 0 Å². The fraction of sp³-hybridized carbons (Fsp3) is 0.625. The predicted octanol–water partition coefficient (Wildman–Crippen LogP) is 3.65. The van der Waals surface area contributed by atoms with Gasteiger partial charge in [-0.1, -0.05) is 58.0 Å². The SMILES string of the molecule is CC.CC.OCCCOCCOCc1ccccc1. The molecule has 3 nitrogen and oxygen atoms in total. The summed E-state index contributed by atoms with van der Waals surface area (Å²) in [5.74, 6) is 0. The van der Waals surface area contributed by atoms with E-state index in [1.54, 1.807) is 0 Å². The van der Waals surface area contributed by atoms with Crippen LogP contribution in [0.2, 0.25) is 0 Å². The largest absolute Gasteiger partial charge is 0.396 e. The van der Waals surface area contributed by atoms with Crippen molar-refractivity contribution in [2.24, 2.45) is 0 Å². The van der Waals surface area contributed by atoms with Crippen LogP contribution in [0.5, 0.6) is 0 Å². The third-order valence-electron chi connectivity index (χ3n) is 1.93. The van der Waals surface area contributed by atoms with E-state index >= 15 is 0 Å². The highest BCUT2D eigenvalue weighted by Gasteiger charge is 1.92. The van der Waals surface area contributed by atoms with Crippen molar-refractivity contribution < 1.29 is 14.6 Å². The minimum absolute atomic E-state index is 0.185. The first-order valence-electron chi connectivity index (χ1n) is 7.24. The van der Waals surface area contributed by atoms with E-state index in [-0.39, 0.29) is 6.61 Å². The van der Waals surface area contributed by atoms with Crippen LogP contribution in [0.3, 0.4) is 0 Å². The number of benzene rings is 1. The second-order valence-corrected chi connectivity index (χ2v) is 3.23. The van der Waals surface area contributed by atoms with Crippen molar-refractivity contribution in [2.75, 3.05) is 26.4 Å². The minimum atomic E-state index is 0.185. The number of aliphatic hydroxyl groups is 1. The van der Waals surface area contributed by atoms with Gasteiger partial charge in [0.25, 0.3) is 0 Å². The number of rotatable bonds is 8. The van der Waals surface area contributed by atoms with Crippen LogP contribution in [0, 0.1) is 0 Å². The Balaban J connectivity index is 0. The molecule has 0 aromatic heterocycles. The molecule has 112 valence electrons. The van der Waals surface area contributed by atoms with E-state index < -0.39 is 0 Å². The zero-order valence-corrected chi connectivity index (χ0v) is 12.9. The summed E-state index contributed by atoms with van der Waals surface area (Å²) in [6, 6.07) is 10.0. The zero-order chi connectivity index (χ0) is 14.8. The van der Waals surface area contributed by atoms with Gasteiger partial charge in [0.2, 0.25) is 0 Å². The van der Waals surface area contributed by atoms with Crippen molar-refractivity contribution >= 4 is 0 Å². The second-order valence-electron chi connectivity index (χ2n) is 3.23. The number of ether oxygens (including phenoxy) is 2. The second kappa shape index (κ2) is 19.4. The molecule has 0 fully saturated rings. The van der Waals surface area contributed by atoms with Gasteiger partial charge in [0.15, 0.2) is 0 Å². The maximum absolute atomic E-state index is 8.51. The molecule has 0 amide bonds. The summed E-state index contributed by atoms with van der Waals surface area (Å²) >= 11 is 0. The summed E-state index contributed by atoms with van der Waals surface area (Å²) in [5.41, 5.74) is 1.17. The molecule has 0 saturated carbocycles. The molecule has 1 N–H and O–H groups in total. The third kappa shape index (κ3) is 15.0. The summed E-state index contributed by atoms with van der Waals surface area (Å²) in [7, 11) is 0. The Hall–Kier alpha value is -0.900. The lowest BCUT2D eigenvalue weighted by Crippen LogP contribution is -2.06. The third-order valence-corrected chi connectivity index (χ3v) is 1.93. The number of aliphatic hydroxyl groups excluding tert-OH is 1. The molecular weight excluding hydrogens is 240 g/mol. The van der Waals surface area contributed by atoms with Gasteiger partial charge in [0.05, 0.1) is 19.8 Å². The van der Waals surface area contributed by atoms with Crippen molar-refractivity contribution in [1.29, 1.82) is 0 Å². The first kappa shape index (κ1) is 20.4. The van der Waals surface area contributed by atoms with Gasteiger partial charge in [0.1, 0.15) is 0 Å². The molecule has 0 radical (unpaired) electrons. The van der Waals surface area contributed by atoms with Gasteiger partial charge in [-0.2, -0.15) is 0 Å². The van der Waals surface area contributed by atoms with Gasteiger partial charge in [0, 0.05) is 13.2 Å². The van der Waals surface area contributed by atoms with Crippen molar-refractivity contribution in [2.45, 2.75) is 40.7 Å². The van der Waals surface area contributed by atoms with Crippen molar-refractivity contribution in [3.8, 4) is 0 Å². The first-order chi connectivity index (χ1) is 9.43. The highest BCUT2D eigenvalue weighted by Crippen LogP contribution is 1.99. The van der Waals surface area contributed by atoms with Crippen LogP contribution in [-0.2, 0) is 16.1 Å². The normalized spacial score (nSPS) is 8.89. The summed E-state index contributed by atoms with van der Waals surface area (Å²) < 4.78 is 10.6. The van der Waals surface area contributed by atoms with Crippen LogP contribution in [0.1, 0.15) is 39.7 Å². The van der Waals surface area contributed by atoms with Gasteiger partial charge in [-0.05, 0) is 12.0 Å². The Kier molecular flexibility index (Phi) is 20.9. The van der Waals surface area contributed by atoms with Gasteiger partial charge >= 0.3 is 0 Å². The molecule has 0 heterocycles. The smallest absolute Gasteiger partial charge is 0.0718 e. The van der Waals surface area contributed by atoms with Gasteiger partial charge < -0.3 is 14.6 Å². The van der Waals surface area contributed by atoms with E-state index in [0.717, 1.165) is 0 Å². The van der Waals surface area contributed by atoms with Gasteiger partial charge in [-0.15, -0.1) is 0 Å². The molecule has 0 aliphatic rings. The fourth-order valence-corrected chi connectivity index (χ4v) is 1.15. The summed E-state index contributed by atoms with van der Waals surface area (Å²) in [4.78, 5) is 0. The highest BCUT2D eigenvalue weighted by molar-refractivity contribution is 5.13.